The molecule has 66 heavy (non-hydrogen) atoms. The number of aliphatic carboxylic acids is 1. The number of hydrogen-bond donors (Lipinski definition) is 7. The van der Waals surface area contributed by atoms with Gasteiger partial charge in [0.15, 0.2) is 6.04 Å². The summed E-state index contributed by atoms with van der Waals surface area (Å²) < 4.78 is 5.23. The first-order valence-corrected chi connectivity index (χ1v) is 22.7. The number of carbonyl (C=O) groups is 8. The number of aliphatic hydroxyl groups is 3. The topological polar surface area (TPSA) is 273 Å². The Kier molecular flexibility index (Phi) is 24.0. The van der Waals surface area contributed by atoms with Crippen LogP contribution >= 0.6 is 0 Å². The number of hydrogen-bond acceptors (Lipinski definition) is 12. The maximum absolute atomic E-state index is 14.7. The molecule has 0 aromatic heterocycles. The minimum Gasteiger partial charge on any atom is -0.480 e. The summed E-state index contributed by atoms with van der Waals surface area (Å²) in [7, 11) is 0. The van der Waals surface area contributed by atoms with Crippen LogP contribution in [-0.4, -0.2) is 156 Å². The molecule has 0 aliphatic carbocycles. The molecule has 1 rings (SSSR count). The van der Waals surface area contributed by atoms with Crippen molar-refractivity contribution < 1.29 is 63.5 Å². The van der Waals surface area contributed by atoms with E-state index in [9.17, 15) is 58.8 Å². The van der Waals surface area contributed by atoms with Crippen molar-refractivity contribution in [3.8, 4) is 0 Å². The van der Waals surface area contributed by atoms with Crippen molar-refractivity contribution in [2.45, 2.75) is 181 Å². The van der Waals surface area contributed by atoms with Gasteiger partial charge in [-0.15, -0.1) is 0 Å². The minimum atomic E-state index is -2.00. The number of rotatable bonds is 25. The summed E-state index contributed by atoms with van der Waals surface area (Å²) in [5.41, 5.74) is -2.72. The van der Waals surface area contributed by atoms with Gasteiger partial charge in [-0.25, -0.2) is 9.59 Å². The van der Waals surface area contributed by atoms with Gasteiger partial charge in [-0.05, 0) is 86.6 Å². The van der Waals surface area contributed by atoms with Gasteiger partial charge >= 0.3 is 12.1 Å². The van der Waals surface area contributed by atoms with Crippen LogP contribution in [0.1, 0.15) is 134 Å². The summed E-state index contributed by atoms with van der Waals surface area (Å²) in [6.45, 7) is 16.1. The van der Waals surface area contributed by atoms with E-state index in [-0.39, 0.29) is 25.2 Å². The Morgan fingerprint density at radius 2 is 1.18 bits per heavy atom. The van der Waals surface area contributed by atoms with Crippen LogP contribution in [0.4, 0.5) is 4.79 Å². The number of ether oxygens (including phenoxy) is 1. The molecule has 374 valence electrons. The van der Waals surface area contributed by atoms with Gasteiger partial charge in [-0.2, -0.15) is 0 Å². The van der Waals surface area contributed by atoms with E-state index in [1.54, 1.807) is 106 Å². The van der Waals surface area contributed by atoms with Crippen LogP contribution in [0, 0.1) is 5.92 Å². The molecular weight excluding hydrogens is 857 g/mol. The third-order valence-electron chi connectivity index (χ3n) is 10.3. The van der Waals surface area contributed by atoms with Crippen molar-refractivity contribution in [2.75, 3.05) is 26.4 Å². The van der Waals surface area contributed by atoms with Crippen molar-refractivity contribution >= 4 is 47.5 Å². The third-order valence-corrected chi connectivity index (χ3v) is 10.3. The average molecular weight is 935 g/mol. The summed E-state index contributed by atoms with van der Waals surface area (Å²) in [4.78, 5) is 113. The number of imide groups is 1. The average Bonchev–Trinajstić information content (AvgIpc) is 3.20. The number of nitrogens with one attached hydrogen (secondary N) is 3. The maximum Gasteiger partial charge on any atom is 0.408 e. The smallest absolute Gasteiger partial charge is 0.408 e. The SMILES string of the molecule is CCCCCCCC(=O)N(C(=O)[C@H](CO)N(C(=O)CNC(=O)OC(C)(C)C)C(C)(C)C)[C@@H](CO)C(=O)N[C@@H](Cc1ccccc1)C(=O)N[C@@H](CC(C)C)C(=O)N([C@@H](CO)C(=O)O)C(C)(C)C. The number of carbonyl (C=O) groups excluding carboxylic acids is 7. The lowest BCUT2D eigenvalue weighted by Gasteiger charge is -2.42. The number of unbranched alkanes of at least 4 members (excludes halogenated alkanes) is 4. The zero-order valence-corrected chi connectivity index (χ0v) is 41.1. The number of carboxylic acids is 1. The lowest BCUT2D eigenvalue weighted by Crippen LogP contribution is -2.65. The predicted molar refractivity (Wildman–Crippen MR) is 246 cm³/mol. The van der Waals surface area contributed by atoms with E-state index in [4.69, 9.17) is 4.74 Å². The quantitative estimate of drug-likeness (QED) is 0.0696. The van der Waals surface area contributed by atoms with Crippen molar-refractivity contribution in [3.05, 3.63) is 35.9 Å². The molecule has 0 saturated heterocycles. The van der Waals surface area contributed by atoms with Gasteiger partial charge in [0.1, 0.15) is 36.3 Å². The first-order valence-electron chi connectivity index (χ1n) is 22.7. The number of carboxylic acid groups (broad SMARTS) is 1. The molecule has 0 spiro atoms. The molecule has 1 aromatic carbocycles. The molecule has 5 atom stereocenters. The summed E-state index contributed by atoms with van der Waals surface area (Å²) in [6.07, 6.45) is 2.11. The van der Waals surface area contributed by atoms with Crippen LogP contribution in [-0.2, 0) is 44.7 Å². The molecule has 0 radical (unpaired) electrons. The zero-order chi connectivity index (χ0) is 50.7. The van der Waals surface area contributed by atoms with E-state index in [2.05, 4.69) is 16.0 Å². The second-order valence-corrected chi connectivity index (χ2v) is 19.8. The molecular formula is C47H78N6O13. The molecule has 7 amide bonds. The molecule has 0 aliphatic rings. The van der Waals surface area contributed by atoms with E-state index in [1.807, 2.05) is 6.92 Å². The van der Waals surface area contributed by atoms with Crippen LogP contribution in [0.2, 0.25) is 0 Å². The molecule has 0 saturated carbocycles. The molecule has 0 aliphatic heterocycles. The van der Waals surface area contributed by atoms with Crippen molar-refractivity contribution in [1.82, 2.24) is 30.7 Å². The molecule has 1 aromatic rings. The fraction of sp³-hybridized carbons (Fsp3) is 0.702. The second-order valence-electron chi connectivity index (χ2n) is 19.8. The molecule has 0 heterocycles. The lowest BCUT2D eigenvalue weighted by atomic mass is 9.96. The van der Waals surface area contributed by atoms with Gasteiger partial charge < -0.3 is 50.9 Å². The molecule has 0 unspecified atom stereocenters. The van der Waals surface area contributed by atoms with Gasteiger partial charge in [0.2, 0.25) is 29.5 Å². The molecule has 19 heteroatoms. The first-order chi connectivity index (χ1) is 30.6. The second kappa shape index (κ2) is 26.9. The number of benzene rings is 1. The van der Waals surface area contributed by atoms with Crippen LogP contribution in [0.15, 0.2) is 30.3 Å². The first kappa shape index (κ1) is 58.9. The van der Waals surface area contributed by atoms with E-state index in [1.165, 1.54) is 0 Å². The van der Waals surface area contributed by atoms with Crippen molar-refractivity contribution in [1.29, 1.82) is 0 Å². The number of amides is 7. The summed E-state index contributed by atoms with van der Waals surface area (Å²) in [6, 6.07) is 0.120. The highest BCUT2D eigenvalue weighted by Gasteiger charge is 2.45. The Morgan fingerprint density at radius 1 is 0.652 bits per heavy atom. The highest BCUT2D eigenvalue weighted by molar-refractivity contribution is 6.04. The predicted octanol–water partition coefficient (Wildman–Crippen LogP) is 2.91. The van der Waals surface area contributed by atoms with Gasteiger partial charge in [-0.1, -0.05) is 76.8 Å². The van der Waals surface area contributed by atoms with Gasteiger partial charge in [0, 0.05) is 23.9 Å². The number of aliphatic hydroxyl groups excluding tert-OH is 3. The molecule has 7 N–H and O–H groups in total. The van der Waals surface area contributed by atoms with Crippen LogP contribution < -0.4 is 16.0 Å². The van der Waals surface area contributed by atoms with Gasteiger partial charge in [-0.3, -0.25) is 33.7 Å². The largest absolute Gasteiger partial charge is 0.480 e. The van der Waals surface area contributed by atoms with Crippen LogP contribution in [0.3, 0.4) is 0 Å². The normalized spacial score (nSPS) is 14.2. The summed E-state index contributed by atoms with van der Waals surface area (Å²) >= 11 is 0. The highest BCUT2D eigenvalue weighted by atomic mass is 16.6. The van der Waals surface area contributed by atoms with Gasteiger partial charge in [0.05, 0.1) is 19.8 Å². The standard InChI is InChI=1S/C47H78N6O13/c1-13-14-15-16-20-23-37(57)51(42(62)35(28-55)52(45(4,5)6)38(58)26-48-44(65)66-47(10,11)12)34(27-54)40(60)49-32(25-31-21-18-17-19-22-31)39(59)50-33(24-30(2)3)41(61)53(46(7,8)9)36(29-56)43(63)64/h17-19,21-22,30,32-36,54-56H,13-16,20,23-29H2,1-12H3,(H,48,65)(H,49,60)(H,50,59)(H,63,64)/t32-,33-,34-,35-,36-/m0/s1. The number of alkyl carbamates (subject to hydrolysis) is 1. The lowest BCUT2D eigenvalue weighted by molar-refractivity contribution is -0.163. The van der Waals surface area contributed by atoms with E-state index in [0.717, 1.165) is 29.1 Å². The monoisotopic (exact) mass is 935 g/mol. The highest BCUT2D eigenvalue weighted by Crippen LogP contribution is 2.24. The number of nitrogens with zero attached hydrogens (tertiary/aromatic N) is 3. The summed E-state index contributed by atoms with van der Waals surface area (Å²) in [5, 5.41) is 49.3. The van der Waals surface area contributed by atoms with E-state index >= 15 is 0 Å². The van der Waals surface area contributed by atoms with Crippen molar-refractivity contribution in [2.24, 2.45) is 5.92 Å². The summed E-state index contributed by atoms with van der Waals surface area (Å²) in [5.74, 6) is -7.51. The zero-order valence-electron chi connectivity index (χ0n) is 41.1. The Bertz CT molecular complexity index is 1770. The van der Waals surface area contributed by atoms with Crippen molar-refractivity contribution in [3.63, 3.8) is 0 Å². The van der Waals surface area contributed by atoms with Crippen LogP contribution in [0.5, 0.6) is 0 Å². The fourth-order valence-electron chi connectivity index (χ4n) is 7.41. The molecule has 0 bridgehead atoms. The van der Waals surface area contributed by atoms with Gasteiger partial charge in [0.25, 0.3) is 5.91 Å². The Labute approximate surface area is 390 Å². The third kappa shape index (κ3) is 19.0. The fourth-order valence-corrected chi connectivity index (χ4v) is 7.41. The van der Waals surface area contributed by atoms with E-state index in [0.29, 0.717) is 23.3 Å². The molecule has 19 nitrogen and oxygen atoms in total. The van der Waals surface area contributed by atoms with Crippen LogP contribution in [0.25, 0.3) is 0 Å². The Balaban J connectivity index is 3.87. The Hall–Kier alpha value is -5.14. The maximum atomic E-state index is 14.7. The van der Waals surface area contributed by atoms with E-state index < -0.39 is 121 Å². The minimum absolute atomic E-state index is 0.0219. The molecule has 0 fully saturated rings. The Morgan fingerprint density at radius 3 is 1.65 bits per heavy atom.